The van der Waals surface area contributed by atoms with Crippen LogP contribution in [0.2, 0.25) is 0 Å². The van der Waals surface area contributed by atoms with Gasteiger partial charge in [0.25, 0.3) is 0 Å². The molecule has 1 aliphatic carbocycles. The third-order valence-electron chi connectivity index (χ3n) is 3.30. The maximum atomic E-state index is 12.1. The van der Waals surface area contributed by atoms with E-state index in [0.29, 0.717) is 0 Å². The van der Waals surface area contributed by atoms with E-state index in [0.717, 1.165) is 24.0 Å². The number of rotatable bonds is 4. The molecule has 0 bridgehead atoms. The van der Waals surface area contributed by atoms with E-state index >= 15 is 0 Å². The van der Waals surface area contributed by atoms with Crippen LogP contribution in [0.1, 0.15) is 24.0 Å². The Morgan fingerprint density at radius 1 is 1.33 bits per heavy atom. The van der Waals surface area contributed by atoms with E-state index in [1.165, 1.54) is 0 Å². The first-order valence-electron chi connectivity index (χ1n) is 5.93. The summed E-state index contributed by atoms with van der Waals surface area (Å²) >= 11 is 0. The van der Waals surface area contributed by atoms with Gasteiger partial charge >= 0.3 is 0 Å². The maximum Gasteiger partial charge on any atom is 0.241 e. The van der Waals surface area contributed by atoms with Crippen LogP contribution in [0, 0.1) is 31.1 Å². The number of nitriles is 1. The molecule has 96 valence electrons. The number of sulfonamides is 1. The molecular formula is C13H16N2O2S. The SMILES string of the molecule is Cc1ccc(S(=O)(=O)NC(C#N)C2CC2)cc1C. The summed E-state index contributed by atoms with van der Waals surface area (Å²) in [6.07, 6.45) is 1.85. The first-order valence-corrected chi connectivity index (χ1v) is 7.41. The van der Waals surface area contributed by atoms with Crippen LogP contribution < -0.4 is 4.72 Å². The molecule has 5 heteroatoms. The van der Waals surface area contributed by atoms with Gasteiger partial charge in [-0.05, 0) is 55.9 Å². The molecule has 1 aromatic rings. The van der Waals surface area contributed by atoms with Gasteiger partial charge in [-0.25, -0.2) is 8.42 Å². The Hall–Kier alpha value is -1.38. The van der Waals surface area contributed by atoms with E-state index in [9.17, 15) is 8.42 Å². The second-order valence-corrected chi connectivity index (χ2v) is 6.53. The predicted octanol–water partition coefficient (Wildman–Crippen LogP) is 1.88. The number of hydrogen-bond acceptors (Lipinski definition) is 3. The summed E-state index contributed by atoms with van der Waals surface area (Å²) in [5, 5.41) is 8.97. The molecule has 0 spiro atoms. The van der Waals surface area contributed by atoms with Crippen LogP contribution in [0.5, 0.6) is 0 Å². The molecule has 0 amide bonds. The van der Waals surface area contributed by atoms with E-state index in [1.807, 2.05) is 19.9 Å². The summed E-state index contributed by atoms with van der Waals surface area (Å²) in [7, 11) is -3.59. The first-order chi connectivity index (χ1) is 8.44. The quantitative estimate of drug-likeness (QED) is 0.902. The molecule has 0 saturated heterocycles. The number of nitrogens with one attached hydrogen (secondary N) is 1. The molecule has 18 heavy (non-hydrogen) atoms. The fourth-order valence-corrected chi connectivity index (χ4v) is 3.07. The molecule has 1 unspecified atom stereocenters. The molecular weight excluding hydrogens is 248 g/mol. The summed E-state index contributed by atoms with van der Waals surface area (Å²) in [5.41, 5.74) is 1.98. The highest BCUT2D eigenvalue weighted by Gasteiger charge is 2.34. The average molecular weight is 264 g/mol. The van der Waals surface area contributed by atoms with E-state index in [1.54, 1.807) is 18.2 Å². The molecule has 0 heterocycles. The van der Waals surface area contributed by atoms with E-state index in [2.05, 4.69) is 4.72 Å². The van der Waals surface area contributed by atoms with Crippen molar-refractivity contribution in [1.82, 2.24) is 4.72 Å². The van der Waals surface area contributed by atoms with Crippen LogP contribution in [-0.2, 0) is 10.0 Å². The Labute approximate surface area is 108 Å². The number of aryl methyl sites for hydroxylation is 2. The lowest BCUT2D eigenvalue weighted by molar-refractivity contribution is 0.560. The summed E-state index contributed by atoms with van der Waals surface area (Å²) in [4.78, 5) is 0.228. The zero-order chi connectivity index (χ0) is 13.3. The molecule has 4 nitrogen and oxygen atoms in total. The van der Waals surface area contributed by atoms with Crippen LogP contribution >= 0.6 is 0 Å². The average Bonchev–Trinajstić information content (AvgIpc) is 3.13. The molecule has 1 saturated carbocycles. The highest BCUT2D eigenvalue weighted by molar-refractivity contribution is 7.89. The Morgan fingerprint density at radius 2 is 2.00 bits per heavy atom. The van der Waals surface area contributed by atoms with E-state index in [4.69, 9.17) is 5.26 Å². The maximum absolute atomic E-state index is 12.1. The van der Waals surface area contributed by atoms with Crippen LogP contribution in [0.15, 0.2) is 23.1 Å². The van der Waals surface area contributed by atoms with Crippen molar-refractivity contribution in [2.24, 2.45) is 5.92 Å². The number of benzene rings is 1. The van der Waals surface area contributed by atoms with Gasteiger partial charge in [0.15, 0.2) is 0 Å². The van der Waals surface area contributed by atoms with Crippen LogP contribution in [0.3, 0.4) is 0 Å². The smallest absolute Gasteiger partial charge is 0.207 e. The zero-order valence-electron chi connectivity index (χ0n) is 10.5. The van der Waals surface area contributed by atoms with Crippen LogP contribution in [0.25, 0.3) is 0 Å². The highest BCUT2D eigenvalue weighted by atomic mass is 32.2. The van der Waals surface area contributed by atoms with Gasteiger partial charge in [0.05, 0.1) is 11.0 Å². The monoisotopic (exact) mass is 264 g/mol. The molecule has 1 fully saturated rings. The minimum absolute atomic E-state index is 0.177. The predicted molar refractivity (Wildman–Crippen MR) is 68.4 cm³/mol. The van der Waals surface area contributed by atoms with Gasteiger partial charge in [-0.2, -0.15) is 9.98 Å². The summed E-state index contributed by atoms with van der Waals surface area (Å²) in [6, 6.07) is 6.42. The Balaban J connectivity index is 2.24. The first kappa shape index (κ1) is 13.1. The molecule has 1 N–H and O–H groups in total. The summed E-state index contributed by atoms with van der Waals surface area (Å²) in [5.74, 6) is 0.177. The topological polar surface area (TPSA) is 70.0 Å². The van der Waals surface area contributed by atoms with E-state index in [-0.39, 0.29) is 10.8 Å². The second-order valence-electron chi connectivity index (χ2n) is 4.81. The minimum Gasteiger partial charge on any atom is -0.207 e. The van der Waals surface area contributed by atoms with Gasteiger partial charge in [0, 0.05) is 0 Å². The minimum atomic E-state index is -3.59. The fourth-order valence-electron chi connectivity index (χ4n) is 1.77. The Morgan fingerprint density at radius 3 is 2.50 bits per heavy atom. The molecule has 2 rings (SSSR count). The van der Waals surface area contributed by atoms with Crippen molar-refractivity contribution in [3.05, 3.63) is 29.3 Å². The van der Waals surface area contributed by atoms with Crippen molar-refractivity contribution in [3.63, 3.8) is 0 Å². The third kappa shape index (κ3) is 2.71. The van der Waals surface area contributed by atoms with Gasteiger partial charge in [0.2, 0.25) is 10.0 Å². The summed E-state index contributed by atoms with van der Waals surface area (Å²) in [6.45, 7) is 3.80. The molecule has 0 radical (unpaired) electrons. The normalized spacial score (nSPS) is 17.2. The van der Waals surface area contributed by atoms with E-state index < -0.39 is 16.1 Å². The largest absolute Gasteiger partial charge is 0.241 e. The summed E-state index contributed by atoms with van der Waals surface area (Å²) < 4.78 is 26.7. The third-order valence-corrected chi connectivity index (χ3v) is 4.74. The van der Waals surface area contributed by atoms with Crippen molar-refractivity contribution < 1.29 is 8.42 Å². The lowest BCUT2D eigenvalue weighted by Gasteiger charge is -2.12. The van der Waals surface area contributed by atoms with Crippen LogP contribution in [0.4, 0.5) is 0 Å². The zero-order valence-corrected chi connectivity index (χ0v) is 11.3. The second kappa shape index (κ2) is 4.71. The van der Waals surface area contributed by atoms with Crippen molar-refractivity contribution in [2.45, 2.75) is 37.6 Å². The van der Waals surface area contributed by atoms with Gasteiger partial charge < -0.3 is 0 Å². The van der Waals surface area contributed by atoms with Gasteiger partial charge in [-0.3, -0.25) is 0 Å². The lowest BCUT2D eigenvalue weighted by atomic mass is 10.1. The van der Waals surface area contributed by atoms with Crippen molar-refractivity contribution in [3.8, 4) is 6.07 Å². The van der Waals surface area contributed by atoms with Gasteiger partial charge in [-0.1, -0.05) is 6.07 Å². The fraction of sp³-hybridized carbons (Fsp3) is 0.462. The highest BCUT2D eigenvalue weighted by Crippen LogP contribution is 2.33. The number of hydrogen-bond donors (Lipinski definition) is 1. The van der Waals surface area contributed by atoms with Crippen molar-refractivity contribution in [2.75, 3.05) is 0 Å². The molecule has 0 aromatic heterocycles. The number of nitrogens with zero attached hydrogens (tertiary/aromatic N) is 1. The molecule has 1 aromatic carbocycles. The lowest BCUT2D eigenvalue weighted by Crippen LogP contribution is -2.35. The molecule has 1 atom stereocenters. The molecule has 0 aliphatic heterocycles. The van der Waals surface area contributed by atoms with Gasteiger partial charge in [0.1, 0.15) is 6.04 Å². The standard InChI is InChI=1S/C13H16N2O2S/c1-9-3-6-12(7-10(9)2)18(16,17)15-13(8-14)11-4-5-11/h3,6-7,11,13,15H,4-5H2,1-2H3. The Bertz CT molecular complexity index is 598. The van der Waals surface area contributed by atoms with Crippen LogP contribution in [-0.4, -0.2) is 14.5 Å². The Kier molecular flexibility index (Phi) is 3.42. The van der Waals surface area contributed by atoms with Gasteiger partial charge in [-0.15, -0.1) is 0 Å². The van der Waals surface area contributed by atoms with Crippen molar-refractivity contribution in [1.29, 1.82) is 5.26 Å². The van der Waals surface area contributed by atoms with Crippen molar-refractivity contribution >= 4 is 10.0 Å². The molecule has 1 aliphatic rings.